The van der Waals surface area contributed by atoms with Crippen LogP contribution in [0.5, 0.6) is 0 Å². The fraction of sp³-hybridized carbons (Fsp3) is 0.316. The van der Waals surface area contributed by atoms with Crippen LogP contribution in [0.4, 0.5) is 5.69 Å². The van der Waals surface area contributed by atoms with Gasteiger partial charge in [0.25, 0.3) is 5.91 Å². The summed E-state index contributed by atoms with van der Waals surface area (Å²) in [5.74, 6) is -0.457. The highest BCUT2D eigenvalue weighted by Crippen LogP contribution is 2.23. The van der Waals surface area contributed by atoms with Gasteiger partial charge in [0.1, 0.15) is 0 Å². The number of hydrogen-bond acceptors (Lipinski definition) is 6. The number of hydrogen-bond donors (Lipinski definition) is 4. The molecule has 2 aliphatic rings. The predicted molar refractivity (Wildman–Crippen MR) is 111 cm³/mol. The zero-order valence-electron chi connectivity index (χ0n) is 16.0. The summed E-state index contributed by atoms with van der Waals surface area (Å²) in [6.07, 6.45) is 3.40. The average Bonchev–Trinajstić information content (AvgIpc) is 3.64. The predicted octanol–water partition coefficient (Wildman–Crippen LogP) is 1.32. The van der Waals surface area contributed by atoms with Gasteiger partial charge in [0.2, 0.25) is 20.0 Å². The molecular formula is C19H22N4O5S2. The maximum Gasteiger partial charge on any atom is 0.269 e. The van der Waals surface area contributed by atoms with Crippen molar-refractivity contribution in [3.8, 4) is 0 Å². The first-order valence-electron chi connectivity index (χ1n) is 9.54. The lowest BCUT2D eigenvalue weighted by molar-refractivity contribution is 0.0962. The summed E-state index contributed by atoms with van der Waals surface area (Å²) in [5.41, 5.74) is 5.99. The third-order valence-corrected chi connectivity index (χ3v) is 7.78. The molecule has 9 nitrogen and oxygen atoms in total. The second-order valence-corrected chi connectivity index (χ2v) is 10.8. The molecule has 0 radical (unpaired) electrons. The first-order chi connectivity index (χ1) is 14.2. The summed E-state index contributed by atoms with van der Waals surface area (Å²) in [6.45, 7) is 0. The normalized spacial score (nSPS) is 16.8. The molecule has 160 valence electrons. The molecule has 11 heteroatoms. The minimum absolute atomic E-state index is 0.00744. The lowest BCUT2D eigenvalue weighted by atomic mass is 10.2. The van der Waals surface area contributed by atoms with E-state index in [9.17, 15) is 21.6 Å². The molecule has 2 aromatic rings. The molecule has 0 aliphatic heterocycles. The lowest BCUT2D eigenvalue weighted by Crippen LogP contribution is -2.29. The summed E-state index contributed by atoms with van der Waals surface area (Å²) < 4.78 is 53.8. The largest absolute Gasteiger partial charge is 0.298 e. The summed E-state index contributed by atoms with van der Waals surface area (Å²) in [4.78, 5) is 12.5. The molecule has 0 unspecified atom stereocenters. The Bertz CT molecular complexity index is 1140. The summed E-state index contributed by atoms with van der Waals surface area (Å²) in [5, 5.41) is 0. The van der Waals surface area contributed by atoms with Crippen LogP contribution in [0.25, 0.3) is 0 Å². The van der Waals surface area contributed by atoms with Crippen molar-refractivity contribution >= 4 is 31.6 Å². The number of carbonyl (C=O) groups excluding carboxylic acids is 1. The van der Waals surface area contributed by atoms with Crippen LogP contribution < -0.4 is 20.3 Å². The van der Waals surface area contributed by atoms with Gasteiger partial charge in [-0.15, -0.1) is 0 Å². The van der Waals surface area contributed by atoms with Gasteiger partial charge in [0.15, 0.2) is 0 Å². The lowest BCUT2D eigenvalue weighted by Gasteiger charge is -2.11. The van der Waals surface area contributed by atoms with E-state index in [1.807, 2.05) is 0 Å². The second kappa shape index (κ2) is 7.99. The van der Waals surface area contributed by atoms with Gasteiger partial charge in [-0.1, -0.05) is 0 Å². The van der Waals surface area contributed by atoms with E-state index in [4.69, 9.17) is 0 Å². The summed E-state index contributed by atoms with van der Waals surface area (Å²) in [7, 11) is -7.09. The molecule has 30 heavy (non-hydrogen) atoms. The van der Waals surface area contributed by atoms with Crippen LogP contribution in [-0.4, -0.2) is 34.8 Å². The van der Waals surface area contributed by atoms with E-state index in [0.29, 0.717) is 5.69 Å². The third-order valence-electron chi connectivity index (χ3n) is 4.71. The van der Waals surface area contributed by atoms with Gasteiger partial charge < -0.3 is 0 Å². The van der Waals surface area contributed by atoms with Gasteiger partial charge in [0.05, 0.1) is 15.5 Å². The van der Waals surface area contributed by atoms with Gasteiger partial charge in [-0.3, -0.25) is 15.6 Å². The number of rotatable bonds is 9. The molecule has 2 saturated carbocycles. The van der Waals surface area contributed by atoms with Crippen molar-refractivity contribution in [3.05, 3.63) is 54.1 Å². The molecule has 0 bridgehead atoms. The highest BCUT2D eigenvalue weighted by atomic mass is 32.2. The van der Waals surface area contributed by atoms with Crippen molar-refractivity contribution in [2.24, 2.45) is 0 Å². The van der Waals surface area contributed by atoms with Crippen LogP contribution in [-0.2, 0) is 20.0 Å². The van der Waals surface area contributed by atoms with Gasteiger partial charge in [-0.2, -0.15) is 0 Å². The van der Waals surface area contributed by atoms with Gasteiger partial charge in [0, 0.05) is 17.6 Å². The maximum absolute atomic E-state index is 12.3. The Balaban J connectivity index is 1.34. The molecule has 4 rings (SSSR count). The first-order valence-corrected chi connectivity index (χ1v) is 12.5. The van der Waals surface area contributed by atoms with Crippen LogP contribution >= 0.6 is 0 Å². The minimum atomic E-state index is -3.57. The van der Waals surface area contributed by atoms with Crippen LogP contribution in [0.15, 0.2) is 58.3 Å². The smallest absolute Gasteiger partial charge is 0.269 e. The van der Waals surface area contributed by atoms with Crippen molar-refractivity contribution in [3.63, 3.8) is 0 Å². The molecule has 0 aromatic heterocycles. The highest BCUT2D eigenvalue weighted by Gasteiger charge is 2.28. The fourth-order valence-electron chi connectivity index (χ4n) is 2.68. The Hall–Kier alpha value is -2.47. The zero-order chi connectivity index (χ0) is 21.4. The number of amides is 1. The molecule has 2 fully saturated rings. The summed E-state index contributed by atoms with van der Waals surface area (Å²) >= 11 is 0. The fourth-order valence-corrected chi connectivity index (χ4v) is 5.29. The first kappa shape index (κ1) is 20.8. The van der Waals surface area contributed by atoms with Gasteiger partial charge in [-0.05, 0) is 74.2 Å². The molecule has 4 N–H and O–H groups in total. The number of hydrazine groups is 1. The molecule has 0 atom stereocenters. The van der Waals surface area contributed by atoms with E-state index in [2.05, 4.69) is 20.3 Å². The standard InChI is InChI=1S/C19H22N4O5S2/c24-19(13-1-9-17(10-2-13)29(25,26)22-15-3-4-15)21-20-14-7-11-18(12-8-14)30(27,28)23-16-5-6-16/h1-2,7-12,15-16,20,22-23H,3-6H2,(H,21,24). The van der Waals surface area contributed by atoms with Crippen molar-refractivity contribution in [2.45, 2.75) is 47.6 Å². The molecule has 2 aromatic carbocycles. The van der Waals surface area contributed by atoms with Crippen LogP contribution in [0.2, 0.25) is 0 Å². The Labute approximate surface area is 175 Å². The number of nitrogens with one attached hydrogen (secondary N) is 4. The third kappa shape index (κ3) is 5.17. The van der Waals surface area contributed by atoms with E-state index in [1.54, 1.807) is 12.1 Å². The Morgan fingerprint density at radius 2 is 1.13 bits per heavy atom. The monoisotopic (exact) mass is 450 g/mol. The highest BCUT2D eigenvalue weighted by molar-refractivity contribution is 7.89. The number of anilines is 1. The molecule has 0 saturated heterocycles. The zero-order valence-corrected chi connectivity index (χ0v) is 17.6. The SMILES string of the molecule is O=C(NNc1ccc(S(=O)(=O)NC2CC2)cc1)c1ccc(S(=O)(=O)NC2CC2)cc1. The van der Waals surface area contributed by atoms with E-state index in [-0.39, 0.29) is 27.4 Å². The molecule has 0 heterocycles. The van der Waals surface area contributed by atoms with Crippen molar-refractivity contribution in [1.29, 1.82) is 0 Å². The quantitative estimate of drug-likeness (QED) is 0.426. The van der Waals surface area contributed by atoms with Gasteiger partial charge in [-0.25, -0.2) is 26.3 Å². The van der Waals surface area contributed by atoms with E-state index in [0.717, 1.165) is 25.7 Å². The van der Waals surface area contributed by atoms with Crippen LogP contribution in [0.3, 0.4) is 0 Å². The van der Waals surface area contributed by atoms with E-state index >= 15 is 0 Å². The minimum Gasteiger partial charge on any atom is -0.298 e. The Morgan fingerprint density at radius 1 is 0.700 bits per heavy atom. The topological polar surface area (TPSA) is 133 Å². The van der Waals surface area contributed by atoms with Crippen molar-refractivity contribution < 1.29 is 21.6 Å². The van der Waals surface area contributed by atoms with Crippen LogP contribution in [0, 0.1) is 0 Å². The van der Waals surface area contributed by atoms with E-state index < -0.39 is 26.0 Å². The summed E-state index contributed by atoms with van der Waals surface area (Å²) in [6, 6.07) is 11.6. The van der Waals surface area contributed by atoms with Crippen molar-refractivity contribution in [1.82, 2.24) is 14.9 Å². The van der Waals surface area contributed by atoms with Crippen molar-refractivity contribution in [2.75, 3.05) is 5.43 Å². The van der Waals surface area contributed by atoms with Crippen LogP contribution in [0.1, 0.15) is 36.0 Å². The molecule has 0 spiro atoms. The Morgan fingerprint density at radius 3 is 1.57 bits per heavy atom. The number of benzene rings is 2. The second-order valence-electron chi connectivity index (χ2n) is 7.42. The number of sulfonamides is 2. The molecular weight excluding hydrogens is 428 g/mol. The molecule has 2 aliphatic carbocycles. The van der Waals surface area contributed by atoms with E-state index in [1.165, 1.54) is 36.4 Å². The maximum atomic E-state index is 12.3. The number of carbonyl (C=O) groups is 1. The average molecular weight is 451 g/mol. The molecule has 1 amide bonds. The van der Waals surface area contributed by atoms with Gasteiger partial charge >= 0.3 is 0 Å². The Kier molecular flexibility index (Phi) is 5.53.